The molecule has 160 valence electrons. The first-order chi connectivity index (χ1) is 14.9. The number of ketones is 1. The number of hydrogen-bond acceptors (Lipinski definition) is 5. The molecule has 1 atom stereocenters. The first kappa shape index (κ1) is 20.5. The van der Waals surface area contributed by atoms with Gasteiger partial charge in [-0.05, 0) is 54.8 Å². The SMILES string of the molecule is COc1cccc([C@H]2C(C(C)=O)=C(O)C(=O)N2CCc2c[nH]c3ccc(OC)cc23)c1. The molecule has 0 saturated heterocycles. The number of Topliss-reactive ketones (excluding diaryl/α,β-unsaturated/α-hetero) is 1. The van der Waals surface area contributed by atoms with Crippen LogP contribution in [0.15, 0.2) is 60.0 Å². The summed E-state index contributed by atoms with van der Waals surface area (Å²) in [5.41, 5.74) is 2.81. The number of aromatic nitrogens is 1. The molecule has 31 heavy (non-hydrogen) atoms. The van der Waals surface area contributed by atoms with E-state index in [0.29, 0.717) is 24.3 Å². The maximum absolute atomic E-state index is 12.9. The van der Waals surface area contributed by atoms with Gasteiger partial charge >= 0.3 is 0 Å². The van der Waals surface area contributed by atoms with Crippen molar-refractivity contribution >= 4 is 22.6 Å². The maximum atomic E-state index is 12.9. The van der Waals surface area contributed by atoms with E-state index in [2.05, 4.69) is 4.98 Å². The van der Waals surface area contributed by atoms with Crippen LogP contribution in [0.5, 0.6) is 11.5 Å². The van der Waals surface area contributed by atoms with Crippen molar-refractivity contribution in [3.63, 3.8) is 0 Å². The predicted octanol–water partition coefficient (Wildman–Crippen LogP) is 3.71. The van der Waals surface area contributed by atoms with Gasteiger partial charge in [-0.1, -0.05) is 12.1 Å². The van der Waals surface area contributed by atoms with E-state index < -0.39 is 17.7 Å². The summed E-state index contributed by atoms with van der Waals surface area (Å²) in [5, 5.41) is 11.5. The van der Waals surface area contributed by atoms with Crippen LogP contribution >= 0.6 is 0 Å². The van der Waals surface area contributed by atoms with Crippen LogP contribution in [0.3, 0.4) is 0 Å². The number of fused-ring (bicyclic) bond motifs is 1. The topological polar surface area (TPSA) is 91.9 Å². The molecule has 0 spiro atoms. The number of nitrogens with one attached hydrogen (secondary N) is 1. The van der Waals surface area contributed by atoms with E-state index in [9.17, 15) is 14.7 Å². The monoisotopic (exact) mass is 420 g/mol. The molecule has 0 fully saturated rings. The smallest absolute Gasteiger partial charge is 0.290 e. The van der Waals surface area contributed by atoms with E-state index in [0.717, 1.165) is 22.2 Å². The molecule has 1 aliphatic rings. The quantitative estimate of drug-likeness (QED) is 0.608. The predicted molar refractivity (Wildman–Crippen MR) is 116 cm³/mol. The van der Waals surface area contributed by atoms with Crippen molar-refractivity contribution in [1.29, 1.82) is 0 Å². The summed E-state index contributed by atoms with van der Waals surface area (Å²) in [6.45, 7) is 1.69. The van der Waals surface area contributed by atoms with Crippen LogP contribution in [0.4, 0.5) is 0 Å². The van der Waals surface area contributed by atoms with E-state index in [1.54, 1.807) is 37.3 Å². The molecule has 1 aliphatic heterocycles. The summed E-state index contributed by atoms with van der Waals surface area (Å²) < 4.78 is 10.6. The van der Waals surface area contributed by atoms with Crippen LogP contribution in [0, 0.1) is 0 Å². The molecule has 0 unspecified atom stereocenters. The van der Waals surface area contributed by atoms with Crippen LogP contribution in [0.25, 0.3) is 10.9 Å². The Morgan fingerprint density at radius 1 is 1.13 bits per heavy atom. The molecule has 0 saturated carbocycles. The number of amides is 1. The van der Waals surface area contributed by atoms with Gasteiger partial charge in [0, 0.05) is 23.6 Å². The van der Waals surface area contributed by atoms with E-state index in [1.807, 2.05) is 30.5 Å². The zero-order valence-corrected chi connectivity index (χ0v) is 17.6. The van der Waals surface area contributed by atoms with Gasteiger partial charge in [0.1, 0.15) is 11.5 Å². The number of ether oxygens (including phenoxy) is 2. The Hall–Kier alpha value is -3.74. The second-order valence-electron chi connectivity index (χ2n) is 7.47. The Bertz CT molecular complexity index is 1190. The lowest BCUT2D eigenvalue weighted by atomic mass is 9.96. The highest BCUT2D eigenvalue weighted by molar-refractivity contribution is 6.08. The van der Waals surface area contributed by atoms with Crippen molar-refractivity contribution in [1.82, 2.24) is 9.88 Å². The number of benzene rings is 2. The molecule has 2 heterocycles. The molecule has 2 N–H and O–H groups in total. The van der Waals surface area contributed by atoms with Crippen molar-refractivity contribution in [2.45, 2.75) is 19.4 Å². The Morgan fingerprint density at radius 2 is 1.87 bits per heavy atom. The molecule has 0 bridgehead atoms. The standard InChI is InChI=1S/C24H24N2O5/c1-14(27)21-22(15-5-4-6-17(11-15)30-2)26(24(29)23(21)28)10-9-16-13-25-20-8-7-18(31-3)12-19(16)20/h4-8,11-13,22,25,28H,9-10H2,1-3H3/t22-/m0/s1. The fraction of sp³-hybridized carbons (Fsp3) is 0.250. The van der Waals surface area contributed by atoms with Gasteiger partial charge in [-0.25, -0.2) is 0 Å². The first-order valence-corrected chi connectivity index (χ1v) is 9.97. The minimum atomic E-state index is -0.667. The van der Waals surface area contributed by atoms with Gasteiger partial charge in [0.25, 0.3) is 5.91 Å². The lowest BCUT2D eigenvalue weighted by Gasteiger charge is -2.26. The molecule has 1 amide bonds. The summed E-state index contributed by atoms with van der Waals surface area (Å²) in [6.07, 6.45) is 2.45. The molecule has 1 aromatic heterocycles. The van der Waals surface area contributed by atoms with Crippen LogP contribution in [-0.4, -0.2) is 47.4 Å². The van der Waals surface area contributed by atoms with Crippen LogP contribution < -0.4 is 9.47 Å². The summed E-state index contributed by atoms with van der Waals surface area (Å²) in [5.74, 6) is -0.00435. The zero-order chi connectivity index (χ0) is 22.1. The van der Waals surface area contributed by atoms with Crippen molar-refractivity contribution in [2.75, 3.05) is 20.8 Å². The van der Waals surface area contributed by atoms with Crippen molar-refractivity contribution in [3.8, 4) is 11.5 Å². The van der Waals surface area contributed by atoms with Gasteiger partial charge in [-0.3, -0.25) is 9.59 Å². The summed E-state index contributed by atoms with van der Waals surface area (Å²) in [4.78, 5) is 30.0. The van der Waals surface area contributed by atoms with Gasteiger partial charge in [0.2, 0.25) is 0 Å². The van der Waals surface area contributed by atoms with Gasteiger partial charge < -0.3 is 24.5 Å². The highest BCUT2D eigenvalue weighted by Crippen LogP contribution is 2.39. The largest absolute Gasteiger partial charge is 0.503 e. The van der Waals surface area contributed by atoms with Crippen molar-refractivity contribution in [2.24, 2.45) is 0 Å². The molecule has 3 aromatic rings. The molecule has 0 aliphatic carbocycles. The Labute approximate surface area is 179 Å². The summed E-state index contributed by atoms with van der Waals surface area (Å²) in [6, 6.07) is 12.3. The summed E-state index contributed by atoms with van der Waals surface area (Å²) in [7, 11) is 3.17. The number of aromatic amines is 1. The van der Waals surface area contributed by atoms with Gasteiger partial charge in [0.15, 0.2) is 11.5 Å². The fourth-order valence-corrected chi connectivity index (χ4v) is 4.13. The van der Waals surface area contributed by atoms with E-state index in [1.165, 1.54) is 6.92 Å². The van der Waals surface area contributed by atoms with Crippen LogP contribution in [0.2, 0.25) is 0 Å². The van der Waals surface area contributed by atoms with Gasteiger partial charge in [0.05, 0.1) is 25.8 Å². The average Bonchev–Trinajstić information content (AvgIpc) is 3.30. The molecule has 0 radical (unpaired) electrons. The van der Waals surface area contributed by atoms with E-state index >= 15 is 0 Å². The van der Waals surface area contributed by atoms with Crippen molar-refractivity contribution in [3.05, 3.63) is 71.1 Å². The summed E-state index contributed by atoms with van der Waals surface area (Å²) >= 11 is 0. The molecule has 4 rings (SSSR count). The molecule has 7 heteroatoms. The highest BCUT2D eigenvalue weighted by Gasteiger charge is 2.42. The minimum absolute atomic E-state index is 0.110. The number of aliphatic hydroxyl groups is 1. The Balaban J connectivity index is 1.67. The van der Waals surface area contributed by atoms with Crippen LogP contribution in [0.1, 0.15) is 24.1 Å². The first-order valence-electron chi connectivity index (χ1n) is 9.97. The second-order valence-corrected chi connectivity index (χ2v) is 7.47. The third-order valence-corrected chi connectivity index (χ3v) is 5.69. The van der Waals surface area contributed by atoms with E-state index in [-0.39, 0.29) is 11.4 Å². The normalized spacial score (nSPS) is 16.3. The number of rotatable bonds is 7. The molecule has 7 nitrogen and oxygen atoms in total. The number of nitrogens with zero attached hydrogens (tertiary/aromatic N) is 1. The Kier molecular flexibility index (Phi) is 5.42. The lowest BCUT2D eigenvalue weighted by molar-refractivity contribution is -0.129. The second kappa shape index (κ2) is 8.18. The third kappa shape index (κ3) is 3.63. The minimum Gasteiger partial charge on any atom is -0.503 e. The van der Waals surface area contributed by atoms with Gasteiger partial charge in [-0.2, -0.15) is 0 Å². The number of methoxy groups -OCH3 is 2. The van der Waals surface area contributed by atoms with Crippen molar-refractivity contribution < 1.29 is 24.2 Å². The third-order valence-electron chi connectivity index (χ3n) is 5.69. The lowest BCUT2D eigenvalue weighted by Crippen LogP contribution is -2.32. The molecular weight excluding hydrogens is 396 g/mol. The number of aliphatic hydroxyl groups excluding tert-OH is 1. The maximum Gasteiger partial charge on any atom is 0.290 e. The fourth-order valence-electron chi connectivity index (χ4n) is 4.13. The number of H-pyrrole nitrogens is 1. The number of hydrogen-bond donors (Lipinski definition) is 2. The average molecular weight is 420 g/mol. The Morgan fingerprint density at radius 3 is 2.58 bits per heavy atom. The molecule has 2 aromatic carbocycles. The highest BCUT2D eigenvalue weighted by atomic mass is 16.5. The molecular formula is C24H24N2O5. The number of carbonyl (C=O) groups excluding carboxylic acids is 2. The number of carbonyl (C=O) groups is 2. The van der Waals surface area contributed by atoms with E-state index in [4.69, 9.17) is 9.47 Å². The zero-order valence-electron chi connectivity index (χ0n) is 17.6. The van der Waals surface area contributed by atoms with Crippen LogP contribution in [-0.2, 0) is 16.0 Å². The van der Waals surface area contributed by atoms with Gasteiger partial charge in [-0.15, -0.1) is 0 Å².